The van der Waals surface area contributed by atoms with E-state index in [1.165, 1.54) is 0 Å². The number of nitrogens with zero attached hydrogens (tertiary/aromatic N) is 3. The van der Waals surface area contributed by atoms with E-state index in [4.69, 9.17) is 22.5 Å². The zero-order valence-electron chi connectivity index (χ0n) is 16.3. The molecule has 0 saturated carbocycles. The summed E-state index contributed by atoms with van der Waals surface area (Å²) in [6.07, 6.45) is 6.85. The predicted octanol–water partition coefficient (Wildman–Crippen LogP) is 5.16. The number of alkyl halides is 1. The fourth-order valence-electron chi connectivity index (χ4n) is 2.22. The van der Waals surface area contributed by atoms with Crippen molar-refractivity contribution in [3.63, 3.8) is 0 Å². The van der Waals surface area contributed by atoms with E-state index in [0.29, 0.717) is 11.6 Å². The van der Waals surface area contributed by atoms with Gasteiger partial charge in [-0.05, 0) is 37.8 Å². The number of allylic oxidation sites excluding steroid dienone is 3. The Kier molecular flexibility index (Phi) is 12.5. The molecule has 4 N–H and O–H groups in total. The van der Waals surface area contributed by atoms with Crippen molar-refractivity contribution in [2.45, 2.75) is 32.0 Å². The van der Waals surface area contributed by atoms with Crippen molar-refractivity contribution in [2.24, 2.45) is 10.9 Å². The molecule has 0 unspecified atom stereocenters. The van der Waals surface area contributed by atoms with E-state index in [1.54, 1.807) is 17.8 Å². The Hall–Kier alpha value is -1.67. The summed E-state index contributed by atoms with van der Waals surface area (Å²) in [5.74, 6) is 2.24. The van der Waals surface area contributed by atoms with Crippen LogP contribution in [0.4, 0.5) is 0 Å². The molecule has 0 amide bonds. The third kappa shape index (κ3) is 7.39. The lowest BCUT2D eigenvalue weighted by atomic mass is 10.1. The molecule has 0 aliphatic heterocycles. The first-order valence-electron chi connectivity index (χ1n) is 8.90. The van der Waals surface area contributed by atoms with Crippen LogP contribution < -0.4 is 10.9 Å². The second kappa shape index (κ2) is 14.3. The minimum Gasteiger partial charge on any atom is -0.397 e. The van der Waals surface area contributed by atoms with E-state index < -0.39 is 0 Å². The molecule has 5 nitrogen and oxygen atoms in total. The summed E-state index contributed by atoms with van der Waals surface area (Å²) in [6.45, 7) is 8.21. The first kappa shape index (κ1) is 24.4. The zero-order valence-corrected chi connectivity index (χ0v) is 18.7. The highest BCUT2D eigenvalue weighted by Crippen LogP contribution is 2.31. The fraction of sp³-hybridized carbons (Fsp3) is 0.300. The van der Waals surface area contributed by atoms with Crippen LogP contribution in [-0.2, 0) is 6.54 Å². The number of nitrogens with two attached hydrogens (primary N) is 2. The molecule has 0 bridgehead atoms. The first-order chi connectivity index (χ1) is 13.6. The lowest BCUT2D eigenvalue weighted by Gasteiger charge is -2.11. The van der Waals surface area contributed by atoms with Crippen molar-refractivity contribution in [2.75, 3.05) is 11.6 Å². The number of aromatic nitrogens is 3. The van der Waals surface area contributed by atoms with Gasteiger partial charge in [0.2, 0.25) is 0 Å². The molecule has 0 saturated heterocycles. The maximum Gasteiger partial charge on any atom is 0.191 e. The minimum atomic E-state index is 0.556. The van der Waals surface area contributed by atoms with Crippen LogP contribution in [0.25, 0.3) is 10.6 Å². The number of rotatable bonds is 9. The van der Waals surface area contributed by atoms with Crippen LogP contribution in [0.1, 0.15) is 31.7 Å². The van der Waals surface area contributed by atoms with E-state index in [2.05, 4.69) is 40.4 Å². The van der Waals surface area contributed by atoms with Gasteiger partial charge >= 0.3 is 0 Å². The monoisotopic (exact) mass is 437 g/mol. The molecular formula is C20H28ClN5S2. The molecule has 0 aliphatic rings. The van der Waals surface area contributed by atoms with Crippen LogP contribution in [0.2, 0.25) is 0 Å². The highest BCUT2D eigenvalue weighted by atomic mass is 35.5. The Balaban J connectivity index is 0.000000892. The van der Waals surface area contributed by atoms with E-state index in [-0.39, 0.29) is 0 Å². The van der Waals surface area contributed by atoms with Gasteiger partial charge in [-0.15, -0.1) is 28.4 Å². The maximum absolute atomic E-state index is 6.34. The number of hydrogen-bond donors (Lipinski definition) is 2. The zero-order chi connectivity index (χ0) is 20.8. The van der Waals surface area contributed by atoms with E-state index in [1.807, 2.05) is 37.3 Å². The summed E-state index contributed by atoms with van der Waals surface area (Å²) in [4.78, 5) is 0.746. The van der Waals surface area contributed by atoms with Crippen LogP contribution >= 0.6 is 35.3 Å². The van der Waals surface area contributed by atoms with Crippen LogP contribution in [0.3, 0.4) is 0 Å². The highest BCUT2D eigenvalue weighted by Gasteiger charge is 2.18. The van der Waals surface area contributed by atoms with Crippen molar-refractivity contribution < 1.29 is 0 Å². The Bertz CT molecular complexity index is 772. The highest BCUT2D eigenvalue weighted by molar-refractivity contribution is 8.06. The lowest BCUT2D eigenvalue weighted by molar-refractivity contribution is 0.675. The fourth-order valence-corrected chi connectivity index (χ4v) is 3.63. The number of hydrogen-bond acceptors (Lipinski definition) is 6. The molecule has 2 rings (SSSR count). The second-order valence-electron chi connectivity index (χ2n) is 5.43. The Morgan fingerprint density at radius 1 is 1.29 bits per heavy atom. The molecule has 1 heterocycles. The van der Waals surface area contributed by atoms with Crippen LogP contribution in [0.15, 0.2) is 60.3 Å². The molecule has 0 atom stereocenters. The molecule has 1 aromatic heterocycles. The van der Waals surface area contributed by atoms with Crippen molar-refractivity contribution in [1.29, 1.82) is 0 Å². The van der Waals surface area contributed by atoms with E-state index in [9.17, 15) is 0 Å². The van der Waals surface area contributed by atoms with Gasteiger partial charge in [-0.3, -0.25) is 5.14 Å². The number of benzene rings is 1. The van der Waals surface area contributed by atoms with Gasteiger partial charge in [0.05, 0.1) is 10.6 Å². The van der Waals surface area contributed by atoms with Gasteiger partial charge in [-0.2, -0.15) is 0 Å². The van der Waals surface area contributed by atoms with Crippen molar-refractivity contribution in [3.05, 3.63) is 66.5 Å². The molecule has 2 aromatic rings. The van der Waals surface area contributed by atoms with Gasteiger partial charge < -0.3 is 10.3 Å². The topological polar surface area (TPSA) is 82.8 Å². The summed E-state index contributed by atoms with van der Waals surface area (Å²) in [6, 6.07) is 9.79. The average Bonchev–Trinajstić information content (AvgIpc) is 3.15. The molecule has 8 heteroatoms. The normalized spacial score (nSPS) is 11.7. The molecule has 0 spiro atoms. The summed E-state index contributed by atoms with van der Waals surface area (Å²) < 4.78 is 2.06. The van der Waals surface area contributed by atoms with Gasteiger partial charge in [-0.25, -0.2) is 0 Å². The summed E-state index contributed by atoms with van der Waals surface area (Å²) >= 11 is 7.87. The molecular weight excluding hydrogens is 410 g/mol. The number of halogens is 1. The molecule has 0 radical (unpaired) electrons. The van der Waals surface area contributed by atoms with E-state index in [0.717, 1.165) is 52.1 Å². The minimum absolute atomic E-state index is 0.556. The lowest BCUT2D eigenvalue weighted by Crippen LogP contribution is -2.07. The smallest absolute Gasteiger partial charge is 0.191 e. The van der Waals surface area contributed by atoms with Crippen LogP contribution in [0, 0.1) is 0 Å². The molecule has 152 valence electrons. The van der Waals surface area contributed by atoms with Gasteiger partial charge in [0.15, 0.2) is 11.0 Å². The van der Waals surface area contributed by atoms with Gasteiger partial charge in [-0.1, -0.05) is 60.3 Å². The first-order valence-corrected chi connectivity index (χ1v) is 11.3. The Morgan fingerprint density at radius 3 is 2.50 bits per heavy atom. The van der Waals surface area contributed by atoms with E-state index >= 15 is 0 Å². The Labute approximate surface area is 181 Å². The third-order valence-electron chi connectivity index (χ3n) is 3.54. The largest absolute Gasteiger partial charge is 0.397 e. The standard InChI is InChI=1S/C17H23N5S2.C3H5Cl/c1-3-5-9-12-23-17-21-20-16(22(17)4-2)15(24-19)14(18)13-10-7-6-8-11-13;1-2-3-4/h3,5-8,10-11H,4,9,12,18-19H2,1-2H3;2H,1,3H2/b5-3-,15-14-;. The maximum atomic E-state index is 6.34. The third-order valence-corrected chi connectivity index (χ3v) is 5.40. The summed E-state index contributed by atoms with van der Waals surface area (Å²) in [7, 11) is 0. The van der Waals surface area contributed by atoms with Crippen molar-refractivity contribution in [1.82, 2.24) is 14.8 Å². The molecule has 1 aromatic carbocycles. The van der Waals surface area contributed by atoms with Gasteiger partial charge in [0.25, 0.3) is 0 Å². The predicted molar refractivity (Wildman–Crippen MR) is 126 cm³/mol. The molecule has 28 heavy (non-hydrogen) atoms. The summed E-state index contributed by atoms with van der Waals surface area (Å²) in [5, 5.41) is 15.5. The Morgan fingerprint density at radius 2 is 1.96 bits per heavy atom. The number of thioether (sulfide) groups is 1. The average molecular weight is 438 g/mol. The second-order valence-corrected chi connectivity index (χ2v) is 7.44. The molecule has 0 aliphatic carbocycles. The van der Waals surface area contributed by atoms with Crippen LogP contribution in [-0.4, -0.2) is 26.4 Å². The molecule has 0 fully saturated rings. The summed E-state index contributed by atoms with van der Waals surface area (Å²) in [5.41, 5.74) is 7.89. The van der Waals surface area contributed by atoms with Gasteiger partial charge in [0.1, 0.15) is 0 Å². The van der Waals surface area contributed by atoms with Gasteiger partial charge in [0, 0.05) is 18.2 Å². The SMILES string of the molecule is C/C=C\CCSc1nnc(/C(SN)=C(/N)c2ccccc2)n1CC.C=CCCl. The van der Waals surface area contributed by atoms with Crippen LogP contribution in [0.5, 0.6) is 0 Å². The van der Waals surface area contributed by atoms with Crippen molar-refractivity contribution in [3.8, 4) is 0 Å². The quantitative estimate of drug-likeness (QED) is 0.185. The van der Waals surface area contributed by atoms with Crippen molar-refractivity contribution >= 4 is 45.9 Å².